The Morgan fingerprint density at radius 1 is 1.22 bits per heavy atom. The maximum absolute atomic E-state index is 13.8. The summed E-state index contributed by atoms with van der Waals surface area (Å²) < 4.78 is 10.9. The second-order valence-electron chi connectivity index (χ2n) is 10.1. The Morgan fingerprint density at radius 3 is 2.42 bits per heavy atom. The van der Waals surface area contributed by atoms with Gasteiger partial charge in [-0.15, -0.1) is 0 Å². The fraction of sp³-hybridized carbons (Fsp3) is 0.600. The van der Waals surface area contributed by atoms with Gasteiger partial charge in [0, 0.05) is 33.8 Å². The standard InChI is InChI=1S/C25H34N4O7/c1-27(24(33)34)18(10-15-4-5-15)22(31)29-14-25(11-19(29)21(26)30)20(36-3)13-28(23(25)32)12-16-6-8-17(35-2)9-7-16/h6-9,15,18-20H,4-5,10-14H2,1-3H3,(H2,26,30)(H,33,34)/t18?,19-,20?,25-/m0/s1. The number of hydrogen-bond acceptors (Lipinski definition) is 6. The van der Waals surface area contributed by atoms with E-state index in [0.29, 0.717) is 25.3 Å². The summed E-state index contributed by atoms with van der Waals surface area (Å²) >= 11 is 0. The summed E-state index contributed by atoms with van der Waals surface area (Å²) in [6.45, 7) is 0.589. The van der Waals surface area contributed by atoms with Crippen LogP contribution in [0.3, 0.4) is 0 Å². The summed E-state index contributed by atoms with van der Waals surface area (Å²) in [7, 11) is 4.44. The van der Waals surface area contributed by atoms with Gasteiger partial charge in [0.1, 0.15) is 17.8 Å². The van der Waals surface area contributed by atoms with Gasteiger partial charge in [-0.2, -0.15) is 0 Å². The first-order valence-corrected chi connectivity index (χ1v) is 12.1. The molecule has 0 radical (unpaired) electrons. The predicted octanol–water partition coefficient (Wildman–Crippen LogP) is 0.904. The lowest BCUT2D eigenvalue weighted by Crippen LogP contribution is -2.53. The molecule has 3 fully saturated rings. The van der Waals surface area contributed by atoms with Crippen LogP contribution in [0.25, 0.3) is 0 Å². The number of amides is 4. The largest absolute Gasteiger partial charge is 0.497 e. The number of nitrogens with two attached hydrogens (primary N) is 1. The van der Waals surface area contributed by atoms with E-state index < -0.39 is 41.5 Å². The fourth-order valence-corrected chi connectivity index (χ4v) is 5.52. The van der Waals surface area contributed by atoms with Crippen molar-refractivity contribution in [2.24, 2.45) is 17.1 Å². The summed E-state index contributed by atoms with van der Waals surface area (Å²) in [5, 5.41) is 9.56. The molecule has 4 atom stereocenters. The average molecular weight is 503 g/mol. The van der Waals surface area contributed by atoms with Crippen LogP contribution in [0.1, 0.15) is 31.2 Å². The molecule has 36 heavy (non-hydrogen) atoms. The van der Waals surface area contributed by atoms with Crippen LogP contribution in [0.2, 0.25) is 0 Å². The Morgan fingerprint density at radius 2 is 1.89 bits per heavy atom. The van der Waals surface area contributed by atoms with E-state index in [0.717, 1.165) is 23.3 Å². The number of ether oxygens (including phenoxy) is 2. The molecule has 1 aliphatic carbocycles. The third-order valence-electron chi connectivity index (χ3n) is 7.84. The number of hydrogen-bond donors (Lipinski definition) is 2. The van der Waals surface area contributed by atoms with Gasteiger partial charge in [-0.1, -0.05) is 25.0 Å². The number of nitrogens with zero attached hydrogens (tertiary/aromatic N) is 3. The monoisotopic (exact) mass is 502 g/mol. The minimum atomic E-state index is -1.23. The van der Waals surface area contributed by atoms with Crippen molar-refractivity contribution in [2.45, 2.75) is 50.4 Å². The zero-order valence-electron chi connectivity index (χ0n) is 20.9. The van der Waals surface area contributed by atoms with Crippen LogP contribution in [0.15, 0.2) is 24.3 Å². The Kier molecular flexibility index (Phi) is 7.12. The lowest BCUT2D eigenvalue weighted by atomic mass is 9.81. The summed E-state index contributed by atoms with van der Waals surface area (Å²) in [6.07, 6.45) is 0.507. The zero-order valence-corrected chi connectivity index (χ0v) is 20.9. The molecule has 1 aromatic rings. The highest BCUT2D eigenvalue weighted by molar-refractivity contribution is 5.95. The summed E-state index contributed by atoms with van der Waals surface area (Å²) in [4.78, 5) is 55.6. The number of primary amides is 1. The van der Waals surface area contributed by atoms with Gasteiger partial charge in [0.05, 0.1) is 18.6 Å². The first kappa shape index (κ1) is 25.7. The van der Waals surface area contributed by atoms with Crippen molar-refractivity contribution in [3.63, 3.8) is 0 Å². The number of methoxy groups -OCH3 is 2. The topological polar surface area (TPSA) is 143 Å². The normalized spacial score (nSPS) is 26.4. The average Bonchev–Trinajstić information content (AvgIpc) is 3.54. The van der Waals surface area contributed by atoms with Crippen LogP contribution in [0, 0.1) is 11.3 Å². The molecule has 1 spiro atoms. The molecule has 4 rings (SSSR count). The molecule has 0 bridgehead atoms. The van der Waals surface area contributed by atoms with Crippen molar-refractivity contribution in [3.05, 3.63) is 29.8 Å². The number of benzene rings is 1. The summed E-state index contributed by atoms with van der Waals surface area (Å²) in [5.74, 6) is -0.455. The molecule has 2 saturated heterocycles. The van der Waals surface area contributed by atoms with Gasteiger partial charge in [0.25, 0.3) is 0 Å². The molecule has 2 aliphatic heterocycles. The minimum Gasteiger partial charge on any atom is -0.497 e. The predicted molar refractivity (Wildman–Crippen MR) is 128 cm³/mol. The highest BCUT2D eigenvalue weighted by atomic mass is 16.5. The van der Waals surface area contributed by atoms with E-state index in [1.165, 1.54) is 19.1 Å². The molecule has 2 unspecified atom stereocenters. The molecular formula is C25H34N4O7. The Balaban J connectivity index is 1.59. The molecule has 2 heterocycles. The Bertz CT molecular complexity index is 1030. The van der Waals surface area contributed by atoms with E-state index in [-0.39, 0.29) is 24.8 Å². The number of carbonyl (C=O) groups is 4. The third kappa shape index (κ3) is 4.71. The second kappa shape index (κ2) is 9.96. The number of carbonyl (C=O) groups excluding carboxylic acids is 3. The first-order chi connectivity index (χ1) is 17.1. The molecule has 3 aliphatic rings. The van der Waals surface area contributed by atoms with Gasteiger partial charge in [0.15, 0.2) is 0 Å². The van der Waals surface area contributed by atoms with Gasteiger partial charge in [-0.05, 0) is 36.5 Å². The number of carboxylic acid groups (broad SMARTS) is 1. The molecule has 1 saturated carbocycles. The summed E-state index contributed by atoms with van der Waals surface area (Å²) in [6, 6.07) is 5.41. The first-order valence-electron chi connectivity index (χ1n) is 12.1. The van der Waals surface area contributed by atoms with Crippen molar-refractivity contribution >= 4 is 23.8 Å². The van der Waals surface area contributed by atoms with Crippen LogP contribution in [-0.2, 0) is 25.7 Å². The Labute approximate surface area is 210 Å². The maximum atomic E-state index is 13.8. The van der Waals surface area contributed by atoms with Crippen LogP contribution in [0.5, 0.6) is 5.75 Å². The van der Waals surface area contributed by atoms with E-state index in [2.05, 4.69) is 0 Å². The molecule has 0 aromatic heterocycles. The highest BCUT2D eigenvalue weighted by Crippen LogP contribution is 2.46. The lowest BCUT2D eigenvalue weighted by molar-refractivity contribution is -0.142. The molecular weight excluding hydrogens is 468 g/mol. The van der Waals surface area contributed by atoms with E-state index >= 15 is 0 Å². The number of rotatable bonds is 9. The number of likely N-dealkylation sites (tertiary alicyclic amines) is 2. The van der Waals surface area contributed by atoms with Crippen molar-refractivity contribution in [1.82, 2.24) is 14.7 Å². The van der Waals surface area contributed by atoms with E-state index in [1.807, 2.05) is 24.3 Å². The smallest absolute Gasteiger partial charge is 0.407 e. The van der Waals surface area contributed by atoms with Crippen molar-refractivity contribution in [3.8, 4) is 5.75 Å². The van der Waals surface area contributed by atoms with Gasteiger partial charge >= 0.3 is 6.09 Å². The van der Waals surface area contributed by atoms with Crippen LogP contribution in [0.4, 0.5) is 4.79 Å². The Hall–Kier alpha value is -3.34. The SMILES string of the molecule is COc1ccc(CN2CC(OC)[C@@]3(C[C@@H](C(N)=O)N(C(=O)C(CC4CC4)N(C)C(=O)O)C3)C2=O)cc1. The second-order valence-corrected chi connectivity index (χ2v) is 10.1. The zero-order chi connectivity index (χ0) is 26.2. The lowest BCUT2D eigenvalue weighted by Gasteiger charge is -2.32. The van der Waals surface area contributed by atoms with Crippen molar-refractivity contribution in [1.29, 1.82) is 0 Å². The maximum Gasteiger partial charge on any atom is 0.407 e. The minimum absolute atomic E-state index is 0.0391. The molecule has 196 valence electrons. The highest BCUT2D eigenvalue weighted by Gasteiger charge is 2.62. The van der Waals surface area contributed by atoms with Crippen molar-refractivity contribution < 1.29 is 33.8 Å². The van der Waals surface area contributed by atoms with Crippen LogP contribution in [-0.4, -0.2) is 96.2 Å². The van der Waals surface area contributed by atoms with Crippen molar-refractivity contribution in [2.75, 3.05) is 34.4 Å². The van der Waals surface area contributed by atoms with Gasteiger partial charge in [-0.3, -0.25) is 19.3 Å². The van der Waals surface area contributed by atoms with Gasteiger partial charge in [0.2, 0.25) is 17.7 Å². The fourth-order valence-electron chi connectivity index (χ4n) is 5.52. The number of likely N-dealkylation sites (N-methyl/N-ethyl adjacent to an activating group) is 1. The van der Waals surface area contributed by atoms with Gasteiger partial charge in [-0.25, -0.2) is 4.79 Å². The molecule has 11 heteroatoms. The quantitative estimate of drug-likeness (QED) is 0.511. The van der Waals surface area contributed by atoms with Gasteiger partial charge < -0.3 is 30.1 Å². The molecule has 4 amide bonds. The van der Waals surface area contributed by atoms with Crippen LogP contribution >= 0.6 is 0 Å². The third-order valence-corrected chi connectivity index (χ3v) is 7.84. The molecule has 3 N–H and O–H groups in total. The van der Waals surface area contributed by atoms with E-state index in [9.17, 15) is 24.3 Å². The van der Waals surface area contributed by atoms with Crippen LogP contribution < -0.4 is 10.5 Å². The summed E-state index contributed by atoms with van der Waals surface area (Å²) in [5.41, 5.74) is 5.47. The van der Waals surface area contributed by atoms with E-state index in [4.69, 9.17) is 15.2 Å². The molecule has 11 nitrogen and oxygen atoms in total. The molecule has 1 aromatic carbocycles. The van der Waals surface area contributed by atoms with E-state index in [1.54, 1.807) is 12.0 Å².